The predicted octanol–water partition coefficient (Wildman–Crippen LogP) is 3.76. The van der Waals surface area contributed by atoms with Crippen molar-refractivity contribution in [1.29, 1.82) is 0 Å². The van der Waals surface area contributed by atoms with Gasteiger partial charge in [-0.1, -0.05) is 0 Å². The highest BCUT2D eigenvalue weighted by atomic mass is 16.7. The maximum Gasteiger partial charge on any atom is 0.417 e. The fourth-order valence-electron chi connectivity index (χ4n) is 6.23. The standard InChI is InChI=1S/C24H8N12O24/c37-25(38)8-1-13(28(43)44)19(14(2-8)29(45)46)11-7-12(20-15(30(47)48)3-9(26(39)40)4-16(20)31(49)50)23(35(57)58)24(36(59)60,22(11)34(55)56)21-17(32(51)52)5-10(27(41)42)6-18(21)33(53)54/h1-7,22H. The van der Waals surface area contributed by atoms with Gasteiger partial charge >= 0.3 is 17.3 Å². The molecule has 0 radical (unpaired) electrons. The first-order valence-electron chi connectivity index (χ1n) is 14.5. The minimum atomic E-state index is -5.21. The third-order valence-electron chi connectivity index (χ3n) is 8.28. The summed E-state index contributed by atoms with van der Waals surface area (Å²) in [5, 5.41) is 149. The van der Waals surface area contributed by atoms with Crippen LogP contribution >= 0.6 is 0 Å². The lowest BCUT2D eigenvalue weighted by molar-refractivity contribution is -0.666. The molecule has 0 heterocycles. The van der Waals surface area contributed by atoms with Crippen LogP contribution in [-0.2, 0) is 5.54 Å². The minimum absolute atomic E-state index is 0.200. The maximum atomic E-state index is 13.6. The summed E-state index contributed by atoms with van der Waals surface area (Å²) < 4.78 is 0. The van der Waals surface area contributed by atoms with Gasteiger partial charge in [-0.15, -0.1) is 0 Å². The number of rotatable bonds is 15. The molecule has 3 aromatic carbocycles. The second-order valence-corrected chi connectivity index (χ2v) is 11.2. The zero-order valence-corrected chi connectivity index (χ0v) is 27.8. The summed E-state index contributed by atoms with van der Waals surface area (Å²) in [7, 11) is 0. The molecule has 3 aromatic rings. The molecule has 0 amide bonds. The lowest BCUT2D eigenvalue weighted by atomic mass is 9.68. The molecule has 0 saturated heterocycles. The number of nitro groups is 12. The predicted molar refractivity (Wildman–Crippen MR) is 181 cm³/mol. The SMILES string of the molecule is O=[N+]([O-])C1=C(c2c([N+](=O)[O-])cc([N+](=O)[O-])cc2[N+](=O)[O-])C=C(c2c([N+](=O)[O-])cc([N+](=O)[O-])cc2[N+](=O)[O-])C([N+](=O)[O-])C1(c1c([N+](=O)[O-])cc([N+](=O)[O-])cc1[N+](=O)[O-])[N+](=O)[O-]. The van der Waals surface area contributed by atoms with E-state index in [0.717, 1.165) is 0 Å². The van der Waals surface area contributed by atoms with Gasteiger partial charge in [0.05, 0.1) is 102 Å². The Hall–Kier alpha value is -10.1. The van der Waals surface area contributed by atoms with Crippen LogP contribution in [0.1, 0.15) is 16.7 Å². The van der Waals surface area contributed by atoms with Crippen molar-refractivity contribution in [3.8, 4) is 0 Å². The highest BCUT2D eigenvalue weighted by molar-refractivity contribution is 5.99. The van der Waals surface area contributed by atoms with Crippen LogP contribution in [0.15, 0.2) is 48.2 Å². The third kappa shape index (κ3) is 6.66. The van der Waals surface area contributed by atoms with Crippen molar-refractivity contribution in [3.63, 3.8) is 0 Å². The Balaban J connectivity index is 2.68. The minimum Gasteiger partial charge on any atom is -0.264 e. The summed E-state index contributed by atoms with van der Waals surface area (Å²) >= 11 is 0. The molecule has 0 spiro atoms. The zero-order valence-electron chi connectivity index (χ0n) is 27.8. The Morgan fingerprint density at radius 2 is 0.683 bits per heavy atom. The number of allylic oxidation sites excluding steroid dienone is 2. The summed E-state index contributed by atoms with van der Waals surface area (Å²) in [6.45, 7) is 0. The molecule has 0 bridgehead atoms. The Morgan fingerprint density at radius 1 is 0.383 bits per heavy atom. The van der Waals surface area contributed by atoms with Gasteiger partial charge in [-0.05, 0) is 6.08 Å². The average Bonchev–Trinajstić information content (AvgIpc) is 3.14. The van der Waals surface area contributed by atoms with Gasteiger partial charge in [0.1, 0.15) is 11.1 Å². The van der Waals surface area contributed by atoms with Gasteiger partial charge < -0.3 is 0 Å². The summed E-state index contributed by atoms with van der Waals surface area (Å²) in [5.41, 5.74) is -36.7. The van der Waals surface area contributed by atoms with Gasteiger partial charge in [0.15, 0.2) is 0 Å². The molecule has 0 aromatic heterocycles. The van der Waals surface area contributed by atoms with Gasteiger partial charge in [-0.3, -0.25) is 121 Å². The molecule has 308 valence electrons. The van der Waals surface area contributed by atoms with Crippen molar-refractivity contribution < 1.29 is 59.1 Å². The van der Waals surface area contributed by atoms with Crippen molar-refractivity contribution in [2.75, 3.05) is 0 Å². The quantitative estimate of drug-likeness (QED) is 0.155. The van der Waals surface area contributed by atoms with E-state index in [2.05, 4.69) is 0 Å². The fraction of sp³-hybridized carbons (Fsp3) is 0.0833. The molecule has 0 fully saturated rings. The normalized spacial score (nSPS) is 15.9. The van der Waals surface area contributed by atoms with Crippen molar-refractivity contribution in [1.82, 2.24) is 0 Å². The first-order chi connectivity index (χ1) is 27.7. The number of non-ortho nitro benzene ring substituents is 3. The number of hydrogen-bond donors (Lipinski definition) is 0. The molecular formula is C24H8N12O24. The number of benzene rings is 3. The van der Waals surface area contributed by atoms with Crippen LogP contribution in [0.4, 0.5) is 51.2 Å². The smallest absolute Gasteiger partial charge is 0.264 e. The van der Waals surface area contributed by atoms with Crippen molar-refractivity contribution >= 4 is 62.3 Å². The molecule has 0 N–H and O–H groups in total. The van der Waals surface area contributed by atoms with E-state index < -0.39 is 155 Å². The molecule has 2 unspecified atom stereocenters. The highest BCUT2D eigenvalue weighted by Gasteiger charge is 2.78. The lowest BCUT2D eigenvalue weighted by Crippen LogP contribution is -2.56. The molecule has 36 heteroatoms. The van der Waals surface area contributed by atoms with Crippen molar-refractivity contribution in [2.24, 2.45) is 0 Å². The maximum absolute atomic E-state index is 13.6. The topological polar surface area (TPSA) is 518 Å². The van der Waals surface area contributed by atoms with Crippen LogP contribution in [0, 0.1) is 121 Å². The van der Waals surface area contributed by atoms with Crippen molar-refractivity contribution in [3.05, 3.63) is 186 Å². The molecule has 0 aliphatic heterocycles. The second kappa shape index (κ2) is 14.9. The lowest BCUT2D eigenvalue weighted by Gasteiger charge is -2.30. The van der Waals surface area contributed by atoms with E-state index in [9.17, 15) is 121 Å². The Bertz CT molecular complexity index is 2620. The molecule has 4 rings (SSSR count). The van der Waals surface area contributed by atoms with Crippen LogP contribution in [0.3, 0.4) is 0 Å². The van der Waals surface area contributed by atoms with Crippen LogP contribution in [0.25, 0.3) is 11.1 Å². The highest BCUT2D eigenvalue weighted by Crippen LogP contribution is 2.58. The number of nitro benzene ring substituents is 9. The van der Waals surface area contributed by atoms with Gasteiger partial charge in [0.2, 0.25) is 5.56 Å². The van der Waals surface area contributed by atoms with Crippen LogP contribution in [0.2, 0.25) is 0 Å². The largest absolute Gasteiger partial charge is 0.417 e. The fourth-order valence-corrected chi connectivity index (χ4v) is 6.23. The third-order valence-corrected chi connectivity index (χ3v) is 8.28. The van der Waals surface area contributed by atoms with E-state index in [0.29, 0.717) is 0 Å². The van der Waals surface area contributed by atoms with E-state index in [1.807, 2.05) is 0 Å². The Kier molecular flexibility index (Phi) is 10.6. The van der Waals surface area contributed by atoms with Crippen molar-refractivity contribution in [2.45, 2.75) is 11.6 Å². The van der Waals surface area contributed by atoms with Gasteiger partial charge in [0, 0.05) is 4.92 Å². The van der Waals surface area contributed by atoms with Gasteiger partial charge in [-0.25, -0.2) is 0 Å². The van der Waals surface area contributed by atoms with E-state index >= 15 is 0 Å². The number of hydrogen-bond acceptors (Lipinski definition) is 24. The molecule has 36 nitrogen and oxygen atoms in total. The Morgan fingerprint density at radius 3 is 0.933 bits per heavy atom. The molecule has 2 atom stereocenters. The molecule has 1 aliphatic rings. The Labute approximate surface area is 319 Å². The van der Waals surface area contributed by atoms with E-state index in [-0.39, 0.29) is 42.5 Å². The van der Waals surface area contributed by atoms with Gasteiger partial charge in [-0.2, -0.15) is 0 Å². The molecule has 60 heavy (non-hydrogen) atoms. The van der Waals surface area contributed by atoms with E-state index in [1.165, 1.54) is 0 Å². The first kappa shape index (κ1) is 42.7. The summed E-state index contributed by atoms with van der Waals surface area (Å²) in [4.78, 5) is 127. The van der Waals surface area contributed by atoms with Gasteiger partial charge in [0.25, 0.3) is 51.2 Å². The average molecular weight is 848 g/mol. The summed E-state index contributed by atoms with van der Waals surface area (Å²) in [5.74, 6) is 0. The van der Waals surface area contributed by atoms with Crippen LogP contribution in [-0.4, -0.2) is 65.1 Å². The summed E-state index contributed by atoms with van der Waals surface area (Å²) in [6, 6.07) is -5.74. The number of nitrogens with zero attached hydrogens (tertiary/aromatic N) is 12. The summed E-state index contributed by atoms with van der Waals surface area (Å²) in [6.07, 6.45) is -0.376. The first-order valence-corrected chi connectivity index (χ1v) is 14.5. The molecule has 1 aliphatic carbocycles. The second-order valence-electron chi connectivity index (χ2n) is 11.2. The van der Waals surface area contributed by atoms with E-state index in [1.54, 1.807) is 0 Å². The van der Waals surface area contributed by atoms with Crippen LogP contribution in [0.5, 0.6) is 0 Å². The van der Waals surface area contributed by atoms with E-state index in [4.69, 9.17) is 0 Å². The molecule has 0 saturated carbocycles. The monoisotopic (exact) mass is 848 g/mol. The molecular weight excluding hydrogens is 840 g/mol. The zero-order chi connectivity index (χ0) is 45.6. The van der Waals surface area contributed by atoms with Crippen LogP contribution < -0.4 is 0 Å².